The molecule has 4 heavy (non-hydrogen) atoms. The summed E-state index contributed by atoms with van der Waals surface area (Å²) >= 11 is 0. The van der Waals surface area contributed by atoms with Gasteiger partial charge < -0.3 is 6.15 Å². The first-order chi connectivity index (χ1) is 0. The van der Waals surface area contributed by atoms with E-state index in [2.05, 4.69) is 0 Å². The Balaban J connectivity index is 0. The Morgan fingerprint density at radius 3 is 0.750 bits per heavy atom. The minimum Gasteiger partial charge on any atom is -0.693 e. The molecule has 0 heterocycles. The second-order valence-electron chi connectivity index (χ2n) is 0. The molecule has 4 heteroatoms. The molecule has 0 rings (SSSR count). The summed E-state index contributed by atoms with van der Waals surface area (Å²) in [5.41, 5.74) is 0. The van der Waals surface area contributed by atoms with E-state index in [1.165, 1.54) is 0 Å². The van der Waals surface area contributed by atoms with Crippen molar-refractivity contribution in [3.8, 4) is 0 Å². The molecule has 0 saturated heterocycles. The van der Waals surface area contributed by atoms with Gasteiger partial charge in [-0.2, -0.15) is 0 Å². The van der Waals surface area contributed by atoms with Gasteiger partial charge in [-0.15, -0.1) is 0 Å². The van der Waals surface area contributed by atoms with Crippen LogP contribution >= 0.6 is 0 Å². The average Bonchev–Trinajstić information content (AvgIpc) is 0. The summed E-state index contributed by atoms with van der Waals surface area (Å²) in [6.45, 7) is 0. The van der Waals surface area contributed by atoms with Gasteiger partial charge in [0.2, 0.25) is 0 Å². The van der Waals surface area contributed by atoms with Gasteiger partial charge in [0.15, 0.2) is 0 Å². The van der Waals surface area contributed by atoms with Crippen molar-refractivity contribution in [3.05, 3.63) is 6.15 Å². The minimum absolute atomic E-state index is 0. The van der Waals surface area contributed by atoms with Crippen molar-refractivity contribution in [1.29, 1.82) is 0 Å². The van der Waals surface area contributed by atoms with Crippen LogP contribution in [-0.4, -0.2) is 0 Å². The van der Waals surface area contributed by atoms with Crippen LogP contribution in [0.15, 0.2) is 0 Å². The Kier molecular flexibility index (Phi) is 296. The first kappa shape index (κ1) is 48.9. The van der Waals surface area contributed by atoms with Gasteiger partial charge in [0.25, 0.3) is 0 Å². The van der Waals surface area contributed by atoms with E-state index in [9.17, 15) is 0 Å². The van der Waals surface area contributed by atoms with Gasteiger partial charge in [0.05, 0.1) is 0 Å². The molecule has 2 radical (unpaired) electrons. The van der Waals surface area contributed by atoms with Crippen LogP contribution in [0.1, 0.15) is 0 Å². The van der Waals surface area contributed by atoms with Crippen LogP contribution in [0.25, 0.3) is 6.15 Å². The molecule has 1 nitrogen and oxygen atoms in total. The summed E-state index contributed by atoms with van der Waals surface area (Å²) in [6.07, 6.45) is 0. The maximum Gasteiger partial charge on any atom is 1.00 e. The van der Waals surface area contributed by atoms with E-state index in [1.54, 1.807) is 0 Å². The molecule has 0 saturated carbocycles. The zero-order valence-corrected chi connectivity index (χ0v) is 4.31. The fourth-order valence-electron chi connectivity index (χ4n) is 0. The molecule has 0 aromatic rings. The smallest absolute Gasteiger partial charge is 0.693 e. The molecule has 0 amide bonds. The van der Waals surface area contributed by atoms with Gasteiger partial charge in [-0.1, -0.05) is 0 Å². The maximum atomic E-state index is 0. The Labute approximate surface area is 57.3 Å². The Hall–Kier alpha value is 1.52. The Morgan fingerprint density at radius 1 is 0.750 bits per heavy atom. The molecule has 0 aliphatic heterocycles. The fraction of sp³-hybridized carbons (Fsp3) is 0. The zero-order chi connectivity index (χ0) is 0. The summed E-state index contributed by atoms with van der Waals surface area (Å²) in [5, 5.41) is 0. The molecule has 2 N–H and O–H groups in total. The molecule has 0 aliphatic carbocycles. The standard InChI is InChI=1S/3Cu.H2N/h;;;1H2/q;;+1;-1. The average molecular weight is 207 g/mol. The third kappa shape index (κ3) is 9.68. The molecule has 0 bridgehead atoms. The molecule has 0 unspecified atom stereocenters. The molecular formula is H2Cu3N. The molecule has 0 spiro atoms. The maximum absolute atomic E-state index is 0. The first-order valence-corrected chi connectivity index (χ1v) is 0. The normalized spacial score (nSPS) is 0. The monoisotopic (exact) mass is 205 g/mol. The van der Waals surface area contributed by atoms with Gasteiger partial charge in [-0.3, -0.25) is 0 Å². The van der Waals surface area contributed by atoms with E-state index < -0.39 is 0 Å². The minimum atomic E-state index is 0. The molecule has 0 aromatic heterocycles. The van der Waals surface area contributed by atoms with Crippen LogP contribution in [0.5, 0.6) is 0 Å². The molecule has 0 fully saturated rings. The van der Waals surface area contributed by atoms with Gasteiger partial charge in [-0.25, -0.2) is 0 Å². The van der Waals surface area contributed by atoms with Crippen LogP contribution in [-0.2, 0) is 51.2 Å². The summed E-state index contributed by atoms with van der Waals surface area (Å²) in [7, 11) is 0. The van der Waals surface area contributed by atoms with Crippen LogP contribution in [0.4, 0.5) is 0 Å². The van der Waals surface area contributed by atoms with E-state index >= 15 is 0 Å². The number of rotatable bonds is 0. The van der Waals surface area contributed by atoms with Crippen LogP contribution in [0.2, 0.25) is 0 Å². The number of hydrogen-bond donors (Lipinski definition) is 0. The van der Waals surface area contributed by atoms with Crippen molar-refractivity contribution < 1.29 is 51.2 Å². The van der Waals surface area contributed by atoms with E-state index in [0.717, 1.165) is 0 Å². The van der Waals surface area contributed by atoms with Crippen LogP contribution < -0.4 is 0 Å². The third-order valence-corrected chi connectivity index (χ3v) is 0. The Bertz CT molecular complexity index is 3.25. The summed E-state index contributed by atoms with van der Waals surface area (Å²) in [5.74, 6) is 0. The molecule has 0 aromatic carbocycles. The van der Waals surface area contributed by atoms with E-state index in [-0.39, 0.29) is 57.4 Å². The second kappa shape index (κ2) is 24.3. The third-order valence-electron chi connectivity index (χ3n) is 0. The summed E-state index contributed by atoms with van der Waals surface area (Å²) in [6, 6.07) is 0. The quantitative estimate of drug-likeness (QED) is 0.524. The van der Waals surface area contributed by atoms with Crippen LogP contribution in [0, 0.1) is 0 Å². The molecule has 40 valence electrons. The van der Waals surface area contributed by atoms with Gasteiger partial charge in [0.1, 0.15) is 0 Å². The van der Waals surface area contributed by atoms with Crippen LogP contribution in [0.3, 0.4) is 0 Å². The largest absolute Gasteiger partial charge is 1.00 e. The topological polar surface area (TPSA) is 33.5 Å². The summed E-state index contributed by atoms with van der Waals surface area (Å²) in [4.78, 5) is 0. The number of hydrogen-bond acceptors (Lipinski definition) is 0. The molecule has 0 aliphatic rings. The SMILES string of the molecule is [Cu+].[Cu].[Cu].[NH2-]. The van der Waals surface area contributed by atoms with Crippen molar-refractivity contribution in [2.75, 3.05) is 0 Å². The predicted octanol–water partition coefficient (Wildman–Crippen LogP) is 0.710. The molecular weight excluding hydrogens is 205 g/mol. The van der Waals surface area contributed by atoms with Crippen molar-refractivity contribution in [2.24, 2.45) is 0 Å². The van der Waals surface area contributed by atoms with Gasteiger partial charge >= 0.3 is 17.1 Å². The number of nitrogens with two attached hydrogens (primary N) is 1. The van der Waals surface area contributed by atoms with Crippen molar-refractivity contribution in [2.45, 2.75) is 0 Å². The van der Waals surface area contributed by atoms with Crippen molar-refractivity contribution in [3.63, 3.8) is 0 Å². The van der Waals surface area contributed by atoms with Crippen molar-refractivity contribution >= 4 is 0 Å². The van der Waals surface area contributed by atoms with E-state index in [1.807, 2.05) is 0 Å². The predicted molar refractivity (Wildman–Crippen MR) is 5.28 cm³/mol. The zero-order valence-electron chi connectivity index (χ0n) is 1.48. The van der Waals surface area contributed by atoms with Gasteiger partial charge in [0, 0.05) is 34.1 Å². The fourth-order valence-corrected chi connectivity index (χ4v) is 0. The van der Waals surface area contributed by atoms with E-state index in [4.69, 9.17) is 0 Å². The van der Waals surface area contributed by atoms with E-state index in [0.29, 0.717) is 0 Å². The molecule has 0 atom stereocenters. The Morgan fingerprint density at radius 2 is 0.750 bits per heavy atom. The van der Waals surface area contributed by atoms with Gasteiger partial charge in [-0.05, 0) is 0 Å². The van der Waals surface area contributed by atoms with Crippen molar-refractivity contribution in [1.82, 2.24) is 0 Å². The summed E-state index contributed by atoms with van der Waals surface area (Å²) < 4.78 is 0. The second-order valence-corrected chi connectivity index (χ2v) is 0. The first-order valence-electron chi connectivity index (χ1n) is 0.